The highest BCUT2D eigenvalue weighted by atomic mass is 19.1. The van der Waals surface area contributed by atoms with E-state index in [1.165, 1.54) is 6.07 Å². The highest BCUT2D eigenvalue weighted by molar-refractivity contribution is 5.96. The fourth-order valence-corrected chi connectivity index (χ4v) is 2.27. The number of rotatable bonds is 4. The number of hydrogen-bond acceptors (Lipinski definition) is 1. The maximum atomic E-state index is 13.9. The van der Waals surface area contributed by atoms with Crippen LogP contribution in [-0.2, 0) is 6.42 Å². The molecule has 0 fully saturated rings. The van der Waals surface area contributed by atoms with Crippen molar-refractivity contribution < 1.29 is 9.18 Å². The molecule has 19 heavy (non-hydrogen) atoms. The lowest BCUT2D eigenvalue weighted by Gasteiger charge is -2.13. The zero-order chi connectivity index (χ0) is 13.8. The molecule has 0 spiro atoms. The van der Waals surface area contributed by atoms with E-state index in [2.05, 4.69) is 0 Å². The minimum atomic E-state index is -0.471. The van der Waals surface area contributed by atoms with Crippen LogP contribution in [0.15, 0.2) is 42.5 Å². The molecular formula is C16H16FNO. The number of carbonyl (C=O) groups excluding carboxylic acids is 1. The van der Waals surface area contributed by atoms with Gasteiger partial charge in [-0.2, -0.15) is 0 Å². The average molecular weight is 257 g/mol. The molecule has 2 aromatic rings. The Kier molecular flexibility index (Phi) is 3.95. The van der Waals surface area contributed by atoms with E-state index >= 15 is 0 Å². The quantitative estimate of drug-likeness (QED) is 0.894. The van der Waals surface area contributed by atoms with Crippen molar-refractivity contribution in [3.63, 3.8) is 0 Å². The summed E-state index contributed by atoms with van der Waals surface area (Å²) in [5, 5.41) is 0. The minimum absolute atomic E-state index is 0.290. The van der Waals surface area contributed by atoms with E-state index in [9.17, 15) is 9.18 Å². The molecule has 0 atom stereocenters. The lowest BCUT2D eigenvalue weighted by molar-refractivity contribution is 0.0999. The Morgan fingerprint density at radius 1 is 1.11 bits per heavy atom. The van der Waals surface area contributed by atoms with Gasteiger partial charge in [0, 0.05) is 11.1 Å². The summed E-state index contributed by atoms with van der Waals surface area (Å²) < 4.78 is 13.9. The SMILES string of the molecule is CCCc1c(C(N)=O)cccc1-c1ccccc1F. The van der Waals surface area contributed by atoms with E-state index in [0.717, 1.165) is 17.5 Å². The minimum Gasteiger partial charge on any atom is -0.366 e. The molecule has 0 aromatic heterocycles. The van der Waals surface area contributed by atoms with Crippen molar-refractivity contribution in [2.45, 2.75) is 19.8 Å². The molecule has 1 amide bonds. The molecule has 0 bridgehead atoms. The van der Waals surface area contributed by atoms with E-state index < -0.39 is 5.91 Å². The summed E-state index contributed by atoms with van der Waals surface area (Å²) in [5.74, 6) is -0.761. The van der Waals surface area contributed by atoms with Gasteiger partial charge in [-0.05, 0) is 29.7 Å². The van der Waals surface area contributed by atoms with Gasteiger partial charge in [-0.25, -0.2) is 4.39 Å². The van der Waals surface area contributed by atoms with Crippen LogP contribution in [0.4, 0.5) is 4.39 Å². The molecule has 0 saturated carbocycles. The molecule has 3 heteroatoms. The zero-order valence-corrected chi connectivity index (χ0v) is 10.8. The summed E-state index contributed by atoms with van der Waals surface area (Å²) in [6.45, 7) is 2.02. The van der Waals surface area contributed by atoms with Gasteiger partial charge in [-0.15, -0.1) is 0 Å². The average Bonchev–Trinajstić information content (AvgIpc) is 2.40. The number of primary amides is 1. The first kappa shape index (κ1) is 13.3. The molecule has 0 radical (unpaired) electrons. The molecule has 0 aliphatic rings. The first-order chi connectivity index (χ1) is 9.15. The molecule has 2 aromatic carbocycles. The summed E-state index contributed by atoms with van der Waals surface area (Å²) in [7, 11) is 0. The van der Waals surface area contributed by atoms with Crippen molar-refractivity contribution in [2.24, 2.45) is 5.73 Å². The summed E-state index contributed by atoms with van der Waals surface area (Å²) in [4.78, 5) is 11.5. The van der Waals surface area contributed by atoms with Crippen LogP contribution in [0.1, 0.15) is 29.3 Å². The van der Waals surface area contributed by atoms with E-state index in [4.69, 9.17) is 5.73 Å². The number of benzene rings is 2. The van der Waals surface area contributed by atoms with Crippen LogP contribution in [0, 0.1) is 5.82 Å². The summed E-state index contributed by atoms with van der Waals surface area (Å²) >= 11 is 0. The third-order valence-corrected chi connectivity index (χ3v) is 3.11. The van der Waals surface area contributed by atoms with Gasteiger partial charge >= 0.3 is 0 Å². The number of hydrogen-bond donors (Lipinski definition) is 1. The maximum absolute atomic E-state index is 13.9. The molecule has 2 N–H and O–H groups in total. The van der Waals surface area contributed by atoms with E-state index in [0.29, 0.717) is 17.5 Å². The molecule has 0 aliphatic carbocycles. The number of amides is 1. The lowest BCUT2D eigenvalue weighted by Crippen LogP contribution is -2.14. The van der Waals surface area contributed by atoms with Crippen molar-refractivity contribution >= 4 is 5.91 Å². The standard InChI is InChI=1S/C16H16FNO/c1-2-6-11-12(8-5-9-14(11)16(18)19)13-7-3-4-10-15(13)17/h3-5,7-10H,2,6H2,1H3,(H2,18,19). The smallest absolute Gasteiger partial charge is 0.248 e. The Morgan fingerprint density at radius 2 is 1.79 bits per heavy atom. The fourth-order valence-electron chi connectivity index (χ4n) is 2.27. The van der Waals surface area contributed by atoms with Crippen molar-refractivity contribution in [1.29, 1.82) is 0 Å². The normalized spacial score (nSPS) is 10.4. The van der Waals surface area contributed by atoms with Crippen molar-refractivity contribution in [3.05, 3.63) is 59.4 Å². The Balaban J connectivity index is 2.66. The van der Waals surface area contributed by atoms with Gasteiger partial charge in [0.1, 0.15) is 5.82 Å². The van der Waals surface area contributed by atoms with E-state index in [1.54, 1.807) is 30.3 Å². The molecule has 2 nitrogen and oxygen atoms in total. The fraction of sp³-hybridized carbons (Fsp3) is 0.188. The highest BCUT2D eigenvalue weighted by Crippen LogP contribution is 2.29. The van der Waals surface area contributed by atoms with Crippen LogP contribution in [0.2, 0.25) is 0 Å². The molecule has 0 aliphatic heterocycles. The molecule has 2 rings (SSSR count). The van der Waals surface area contributed by atoms with Gasteiger partial charge in [-0.1, -0.05) is 43.7 Å². The Hall–Kier alpha value is -2.16. The Bertz CT molecular complexity index is 607. The second kappa shape index (κ2) is 5.65. The molecular weight excluding hydrogens is 241 g/mol. The summed E-state index contributed by atoms with van der Waals surface area (Å²) in [5.41, 5.74) is 7.95. The first-order valence-corrected chi connectivity index (χ1v) is 6.31. The van der Waals surface area contributed by atoms with Gasteiger partial charge in [0.05, 0.1) is 0 Å². The predicted octanol–water partition coefficient (Wildman–Crippen LogP) is 3.54. The third kappa shape index (κ3) is 2.65. The van der Waals surface area contributed by atoms with Crippen LogP contribution in [0.5, 0.6) is 0 Å². The van der Waals surface area contributed by atoms with Gasteiger partial charge in [0.15, 0.2) is 0 Å². The molecule has 0 heterocycles. The predicted molar refractivity (Wildman–Crippen MR) is 74.3 cm³/mol. The van der Waals surface area contributed by atoms with Crippen molar-refractivity contribution in [2.75, 3.05) is 0 Å². The van der Waals surface area contributed by atoms with Crippen LogP contribution in [-0.4, -0.2) is 5.91 Å². The Morgan fingerprint density at radius 3 is 2.42 bits per heavy atom. The first-order valence-electron chi connectivity index (χ1n) is 6.31. The summed E-state index contributed by atoms with van der Waals surface area (Å²) in [6, 6.07) is 11.8. The molecule has 98 valence electrons. The zero-order valence-electron chi connectivity index (χ0n) is 10.8. The lowest BCUT2D eigenvalue weighted by atomic mass is 9.92. The van der Waals surface area contributed by atoms with Crippen molar-refractivity contribution in [1.82, 2.24) is 0 Å². The monoisotopic (exact) mass is 257 g/mol. The largest absolute Gasteiger partial charge is 0.366 e. The highest BCUT2D eigenvalue weighted by Gasteiger charge is 2.14. The van der Waals surface area contributed by atoms with E-state index in [1.807, 2.05) is 13.0 Å². The second-order valence-electron chi connectivity index (χ2n) is 4.43. The van der Waals surface area contributed by atoms with Gasteiger partial charge in [0.2, 0.25) is 5.91 Å². The van der Waals surface area contributed by atoms with Crippen molar-refractivity contribution in [3.8, 4) is 11.1 Å². The van der Waals surface area contributed by atoms with Gasteiger partial charge in [0.25, 0.3) is 0 Å². The van der Waals surface area contributed by atoms with Crippen LogP contribution in [0.25, 0.3) is 11.1 Å². The molecule has 0 unspecified atom stereocenters. The Labute approximate surface area is 112 Å². The number of carbonyl (C=O) groups is 1. The van der Waals surface area contributed by atoms with E-state index in [-0.39, 0.29) is 5.82 Å². The maximum Gasteiger partial charge on any atom is 0.248 e. The van der Waals surface area contributed by atoms with Crippen LogP contribution in [0.3, 0.4) is 0 Å². The van der Waals surface area contributed by atoms with Gasteiger partial charge < -0.3 is 5.73 Å². The van der Waals surface area contributed by atoms with Crippen LogP contribution >= 0.6 is 0 Å². The van der Waals surface area contributed by atoms with Gasteiger partial charge in [-0.3, -0.25) is 4.79 Å². The number of halogens is 1. The topological polar surface area (TPSA) is 43.1 Å². The number of nitrogens with two attached hydrogens (primary N) is 1. The molecule has 0 saturated heterocycles. The summed E-state index contributed by atoms with van der Waals surface area (Å²) in [6.07, 6.45) is 1.56. The second-order valence-corrected chi connectivity index (χ2v) is 4.43. The van der Waals surface area contributed by atoms with Crippen LogP contribution < -0.4 is 5.73 Å². The third-order valence-electron chi connectivity index (χ3n) is 3.11.